The molecule has 2 aliphatic heterocycles. The van der Waals surface area contributed by atoms with Gasteiger partial charge in [0.15, 0.2) is 5.82 Å². The molecule has 3 atom stereocenters. The Balaban J connectivity index is 1.31. The van der Waals surface area contributed by atoms with Crippen LogP contribution in [0.15, 0.2) is 29.3 Å². The summed E-state index contributed by atoms with van der Waals surface area (Å²) in [6, 6.07) is 7.39. The van der Waals surface area contributed by atoms with Gasteiger partial charge in [0.25, 0.3) is 0 Å². The molecule has 2 aliphatic rings. The maximum atomic E-state index is 13.3. The second-order valence-corrected chi connectivity index (χ2v) is 14.8. The highest BCUT2D eigenvalue weighted by atomic mass is 32.1. The minimum absolute atomic E-state index is 0.0193. The lowest BCUT2D eigenvalue weighted by Gasteiger charge is -2.35. The van der Waals surface area contributed by atoms with E-state index in [0.717, 1.165) is 64.6 Å². The van der Waals surface area contributed by atoms with Crippen molar-refractivity contribution in [1.82, 2.24) is 25.0 Å². The number of carbonyl (C=O) groups excluding carboxylic acids is 3. The second-order valence-electron chi connectivity index (χ2n) is 13.6. The number of rotatable bonds is 9. The monoisotopic (exact) mass is 646 g/mol. The van der Waals surface area contributed by atoms with Crippen molar-refractivity contribution in [3.8, 4) is 5.00 Å². The molecule has 1 fully saturated rings. The zero-order valence-corrected chi connectivity index (χ0v) is 29.1. The van der Waals surface area contributed by atoms with E-state index in [2.05, 4.69) is 60.6 Å². The highest BCUT2D eigenvalue weighted by Gasteiger charge is 2.38. The Morgan fingerprint density at radius 1 is 1.11 bits per heavy atom. The van der Waals surface area contributed by atoms with Crippen LogP contribution in [-0.2, 0) is 25.5 Å². The fraction of sp³-hybridized carbons (Fsp3) is 0.543. The first-order valence-corrected chi connectivity index (χ1v) is 17.0. The van der Waals surface area contributed by atoms with Crippen molar-refractivity contribution in [2.24, 2.45) is 10.4 Å². The number of methoxy groups -OCH3 is 1. The van der Waals surface area contributed by atoms with Gasteiger partial charge in [-0.3, -0.25) is 23.9 Å². The van der Waals surface area contributed by atoms with E-state index in [-0.39, 0.29) is 35.7 Å². The van der Waals surface area contributed by atoms with Crippen LogP contribution in [0, 0.1) is 26.2 Å². The Hall–Kier alpha value is -3.86. The van der Waals surface area contributed by atoms with Gasteiger partial charge in [0.1, 0.15) is 22.9 Å². The van der Waals surface area contributed by atoms with Crippen molar-refractivity contribution in [2.75, 3.05) is 13.7 Å². The molecule has 0 aliphatic carbocycles. The molecule has 3 unspecified atom stereocenters. The van der Waals surface area contributed by atoms with Gasteiger partial charge in [0, 0.05) is 35.0 Å². The van der Waals surface area contributed by atoms with E-state index in [9.17, 15) is 14.4 Å². The van der Waals surface area contributed by atoms with Crippen LogP contribution in [0.4, 0.5) is 0 Å². The molecule has 246 valence electrons. The maximum Gasteiger partial charge on any atom is 0.308 e. The van der Waals surface area contributed by atoms with Gasteiger partial charge < -0.3 is 15.0 Å². The predicted octanol–water partition coefficient (Wildman–Crippen LogP) is 5.57. The number of likely N-dealkylation sites (tertiary alicyclic amines) is 1. The van der Waals surface area contributed by atoms with E-state index in [1.54, 1.807) is 11.3 Å². The van der Waals surface area contributed by atoms with Crippen LogP contribution < -0.4 is 5.32 Å². The topological polar surface area (TPSA) is 119 Å². The van der Waals surface area contributed by atoms with Crippen LogP contribution in [0.25, 0.3) is 5.00 Å². The summed E-state index contributed by atoms with van der Waals surface area (Å²) in [5.41, 5.74) is 4.64. The highest BCUT2D eigenvalue weighted by Crippen LogP contribution is 2.39. The van der Waals surface area contributed by atoms with Gasteiger partial charge in [-0.2, -0.15) is 0 Å². The van der Waals surface area contributed by atoms with Gasteiger partial charge in [-0.05, 0) is 69.9 Å². The van der Waals surface area contributed by atoms with Gasteiger partial charge in [-0.1, -0.05) is 45.0 Å². The Morgan fingerprint density at radius 2 is 1.83 bits per heavy atom. The molecule has 0 saturated carbocycles. The van der Waals surface area contributed by atoms with Crippen LogP contribution >= 0.6 is 11.3 Å². The number of amides is 2. The zero-order chi connectivity index (χ0) is 33.3. The number of thiophene rings is 1. The average molecular weight is 647 g/mol. The lowest BCUT2D eigenvalue weighted by molar-refractivity contribution is -0.141. The Kier molecular flexibility index (Phi) is 9.81. The molecule has 1 aromatic carbocycles. The number of fused-ring (bicyclic) bond motifs is 3. The Bertz CT molecular complexity index is 1650. The number of aryl methyl sites for hydroxylation is 3. The lowest BCUT2D eigenvalue weighted by Crippen LogP contribution is -2.55. The number of esters is 1. The van der Waals surface area contributed by atoms with Crippen molar-refractivity contribution < 1.29 is 19.1 Å². The smallest absolute Gasteiger partial charge is 0.308 e. The number of benzene rings is 1. The van der Waals surface area contributed by atoms with E-state index in [4.69, 9.17) is 9.73 Å². The molecule has 0 bridgehead atoms. The SMILES string of the molecule is COC(=O)CC1N=C(c2ccc(CCCC(=O)NC(C(=O)N3CCCC3C)C(C)(C)C)cc2)c2c(sc(C)c2C)-n2c(C)nnc21. The van der Waals surface area contributed by atoms with Crippen molar-refractivity contribution >= 4 is 34.8 Å². The summed E-state index contributed by atoms with van der Waals surface area (Å²) >= 11 is 1.67. The third-order valence-electron chi connectivity index (χ3n) is 9.18. The first-order chi connectivity index (χ1) is 21.8. The van der Waals surface area contributed by atoms with Crippen molar-refractivity contribution in [3.05, 3.63) is 63.0 Å². The molecule has 4 heterocycles. The largest absolute Gasteiger partial charge is 0.469 e. The number of nitrogens with zero attached hydrogens (tertiary/aromatic N) is 5. The number of hydrogen-bond donors (Lipinski definition) is 1. The minimum atomic E-state index is -0.547. The summed E-state index contributed by atoms with van der Waals surface area (Å²) in [6.45, 7) is 15.0. The van der Waals surface area contributed by atoms with Gasteiger partial charge in [-0.15, -0.1) is 21.5 Å². The lowest BCUT2D eigenvalue weighted by atomic mass is 9.85. The van der Waals surface area contributed by atoms with E-state index >= 15 is 0 Å². The molecule has 10 nitrogen and oxygen atoms in total. The number of aromatic nitrogens is 3. The molecule has 0 radical (unpaired) electrons. The highest BCUT2D eigenvalue weighted by molar-refractivity contribution is 7.15. The van der Waals surface area contributed by atoms with E-state index < -0.39 is 12.1 Å². The quantitative estimate of drug-likeness (QED) is 0.304. The Labute approximate surface area is 275 Å². The predicted molar refractivity (Wildman–Crippen MR) is 180 cm³/mol. The van der Waals surface area contributed by atoms with Gasteiger partial charge in [-0.25, -0.2) is 0 Å². The van der Waals surface area contributed by atoms with Crippen molar-refractivity contribution in [3.63, 3.8) is 0 Å². The van der Waals surface area contributed by atoms with Crippen molar-refractivity contribution in [1.29, 1.82) is 0 Å². The summed E-state index contributed by atoms with van der Waals surface area (Å²) in [5, 5.41) is 12.8. The van der Waals surface area contributed by atoms with Crippen LogP contribution in [0.2, 0.25) is 0 Å². The van der Waals surface area contributed by atoms with E-state index in [1.807, 2.05) is 37.2 Å². The molecule has 1 saturated heterocycles. The fourth-order valence-corrected chi connectivity index (χ4v) is 7.57. The minimum Gasteiger partial charge on any atom is -0.469 e. The molecular formula is C35H46N6O4S. The summed E-state index contributed by atoms with van der Waals surface area (Å²) < 4.78 is 7.02. The fourth-order valence-electron chi connectivity index (χ4n) is 6.36. The summed E-state index contributed by atoms with van der Waals surface area (Å²) in [4.78, 5) is 47.0. The Morgan fingerprint density at radius 3 is 2.46 bits per heavy atom. The first-order valence-electron chi connectivity index (χ1n) is 16.2. The number of hydrogen-bond acceptors (Lipinski definition) is 8. The van der Waals surface area contributed by atoms with Crippen LogP contribution in [0.3, 0.4) is 0 Å². The molecule has 2 amide bonds. The molecule has 5 rings (SSSR count). The second kappa shape index (κ2) is 13.5. The first kappa shape index (κ1) is 33.5. The van der Waals surface area contributed by atoms with Gasteiger partial charge in [0.2, 0.25) is 11.8 Å². The number of aliphatic imine (C=N–C) groups is 1. The summed E-state index contributed by atoms with van der Waals surface area (Å²) in [6.07, 6.45) is 3.81. The number of ether oxygens (including phenoxy) is 1. The zero-order valence-electron chi connectivity index (χ0n) is 28.3. The van der Waals surface area contributed by atoms with Crippen LogP contribution in [0.1, 0.15) is 105 Å². The molecule has 2 aromatic heterocycles. The van der Waals surface area contributed by atoms with Crippen LogP contribution in [0.5, 0.6) is 0 Å². The van der Waals surface area contributed by atoms with Crippen LogP contribution in [-0.4, -0.2) is 68.9 Å². The number of carbonyl (C=O) groups is 3. The van der Waals surface area contributed by atoms with Gasteiger partial charge in [0.05, 0.1) is 19.2 Å². The van der Waals surface area contributed by atoms with E-state index in [0.29, 0.717) is 18.7 Å². The molecule has 3 aromatic rings. The molecular weight excluding hydrogens is 600 g/mol. The molecule has 11 heteroatoms. The normalized spacial score (nSPS) is 18.3. The third kappa shape index (κ3) is 6.79. The number of nitrogens with one attached hydrogen (secondary N) is 1. The van der Waals surface area contributed by atoms with Gasteiger partial charge >= 0.3 is 5.97 Å². The van der Waals surface area contributed by atoms with E-state index in [1.165, 1.54) is 12.0 Å². The maximum absolute atomic E-state index is 13.3. The standard InChI is InChI=1S/C35H46N6O4S/c1-20-11-10-18-40(20)33(44)31(35(5,6)7)37-27(42)13-9-12-24-14-16-25(17-15-24)30-29-21(2)22(3)46-34(29)41-23(4)38-39-32(41)26(36-30)19-28(43)45-8/h14-17,20,26,31H,9-13,18-19H2,1-8H3,(H,37,42). The molecule has 1 N–H and O–H groups in total. The van der Waals surface area contributed by atoms with Crippen molar-refractivity contribution in [2.45, 2.75) is 105 Å². The summed E-state index contributed by atoms with van der Waals surface area (Å²) in [5.74, 6) is 0.930. The third-order valence-corrected chi connectivity index (χ3v) is 10.4. The molecule has 0 spiro atoms. The summed E-state index contributed by atoms with van der Waals surface area (Å²) in [7, 11) is 1.38. The average Bonchev–Trinajstić information content (AvgIpc) is 3.67. The molecule has 46 heavy (non-hydrogen) atoms.